The Bertz CT molecular complexity index is 284. The molecule has 112 valence electrons. The van der Waals surface area contributed by atoms with Crippen LogP contribution in [0.25, 0.3) is 0 Å². The molecule has 4 atom stereocenters. The molecule has 0 aromatic heterocycles. The number of nitrogens with one attached hydrogen (secondary N) is 1. The molecule has 0 aromatic rings. The van der Waals surface area contributed by atoms with E-state index in [2.05, 4.69) is 31.1 Å². The molecule has 2 fully saturated rings. The lowest BCUT2D eigenvalue weighted by Crippen LogP contribution is -2.49. The van der Waals surface area contributed by atoms with Crippen LogP contribution in [0.2, 0.25) is 0 Å². The van der Waals surface area contributed by atoms with Crippen molar-refractivity contribution in [2.75, 3.05) is 20.2 Å². The molecule has 0 saturated heterocycles. The average Bonchev–Trinajstić information content (AvgIpc) is 2.84. The Morgan fingerprint density at radius 1 is 1.26 bits per heavy atom. The summed E-state index contributed by atoms with van der Waals surface area (Å²) in [7, 11) is 2.32. The van der Waals surface area contributed by atoms with Crippen LogP contribution in [0.3, 0.4) is 0 Å². The first-order chi connectivity index (χ1) is 9.12. The second-order valence-electron chi connectivity index (χ2n) is 6.86. The molecular weight excluding hydrogens is 236 g/mol. The summed E-state index contributed by atoms with van der Waals surface area (Å²) in [6.45, 7) is 5.79. The van der Waals surface area contributed by atoms with E-state index in [-0.39, 0.29) is 12.1 Å². The largest absolute Gasteiger partial charge is 0.394 e. The number of rotatable bonds is 5. The Morgan fingerprint density at radius 3 is 2.63 bits per heavy atom. The number of likely N-dealkylation sites (N-methyl/N-ethyl adjacent to an activating group) is 1. The summed E-state index contributed by atoms with van der Waals surface area (Å²) >= 11 is 0. The molecule has 0 spiro atoms. The predicted molar refractivity (Wildman–Crippen MR) is 80.3 cm³/mol. The maximum absolute atomic E-state index is 9.73. The lowest BCUT2D eigenvalue weighted by Gasteiger charge is -2.40. The molecule has 2 saturated carbocycles. The highest BCUT2D eigenvalue weighted by Crippen LogP contribution is 2.36. The maximum atomic E-state index is 9.73. The molecular formula is C16H32N2O. The first-order valence-corrected chi connectivity index (χ1v) is 8.19. The number of aliphatic hydroxyl groups is 1. The Labute approximate surface area is 118 Å². The van der Waals surface area contributed by atoms with E-state index in [4.69, 9.17) is 0 Å². The molecule has 0 bridgehead atoms. The Hall–Kier alpha value is -0.120. The van der Waals surface area contributed by atoms with Gasteiger partial charge in [0.1, 0.15) is 0 Å². The monoisotopic (exact) mass is 268 g/mol. The van der Waals surface area contributed by atoms with Crippen molar-refractivity contribution in [3.63, 3.8) is 0 Å². The third kappa shape index (κ3) is 3.32. The van der Waals surface area contributed by atoms with Crippen LogP contribution in [0, 0.1) is 5.92 Å². The molecule has 2 rings (SSSR count). The summed E-state index contributed by atoms with van der Waals surface area (Å²) in [5.74, 6) is 0.835. The van der Waals surface area contributed by atoms with Crippen LogP contribution in [-0.4, -0.2) is 47.8 Å². The van der Waals surface area contributed by atoms with Crippen LogP contribution in [0.4, 0.5) is 0 Å². The first kappa shape index (κ1) is 15.3. The third-order valence-corrected chi connectivity index (χ3v) is 5.60. The maximum Gasteiger partial charge on any atom is 0.0613 e. The van der Waals surface area contributed by atoms with Crippen molar-refractivity contribution in [2.45, 2.75) is 76.4 Å². The zero-order valence-corrected chi connectivity index (χ0v) is 13.0. The minimum atomic E-state index is -0.00835. The van der Waals surface area contributed by atoms with Crippen molar-refractivity contribution in [3.05, 3.63) is 0 Å². The van der Waals surface area contributed by atoms with Gasteiger partial charge < -0.3 is 15.3 Å². The normalized spacial score (nSPS) is 39.9. The Balaban J connectivity index is 1.95. The summed E-state index contributed by atoms with van der Waals surface area (Å²) in [4.78, 5) is 2.64. The van der Waals surface area contributed by atoms with Gasteiger partial charge >= 0.3 is 0 Å². The average molecular weight is 268 g/mol. The van der Waals surface area contributed by atoms with Crippen LogP contribution in [0.5, 0.6) is 0 Å². The van der Waals surface area contributed by atoms with Crippen molar-refractivity contribution in [2.24, 2.45) is 5.92 Å². The Morgan fingerprint density at radius 2 is 2.00 bits per heavy atom. The van der Waals surface area contributed by atoms with Crippen LogP contribution in [0.1, 0.15) is 58.8 Å². The third-order valence-electron chi connectivity index (χ3n) is 5.60. The van der Waals surface area contributed by atoms with E-state index >= 15 is 0 Å². The molecule has 2 aliphatic carbocycles. The molecule has 3 nitrogen and oxygen atoms in total. The van der Waals surface area contributed by atoms with Gasteiger partial charge in [0.25, 0.3) is 0 Å². The molecule has 0 aromatic carbocycles. The van der Waals surface area contributed by atoms with Gasteiger partial charge in [0.15, 0.2) is 0 Å². The topological polar surface area (TPSA) is 35.5 Å². The molecule has 0 heterocycles. The Kier molecular flexibility index (Phi) is 5.27. The standard InChI is InChI=1S/C16H32N2O/c1-4-17-16(12-19)10-9-14(11-16)18(3)15-8-6-5-7-13(15)2/h13-15,17,19H,4-12H2,1-3H3. The van der Waals surface area contributed by atoms with E-state index in [9.17, 15) is 5.11 Å². The summed E-state index contributed by atoms with van der Waals surface area (Å²) in [6, 6.07) is 1.41. The minimum absolute atomic E-state index is 0.00835. The quantitative estimate of drug-likeness (QED) is 0.803. The molecule has 3 heteroatoms. The number of hydrogen-bond acceptors (Lipinski definition) is 3. The van der Waals surface area contributed by atoms with Gasteiger partial charge in [-0.15, -0.1) is 0 Å². The number of aliphatic hydroxyl groups excluding tert-OH is 1. The molecule has 2 N–H and O–H groups in total. The van der Waals surface area contributed by atoms with Gasteiger partial charge in [-0.05, 0) is 51.6 Å². The van der Waals surface area contributed by atoms with E-state index in [1.807, 2.05) is 0 Å². The van der Waals surface area contributed by atoms with Gasteiger partial charge in [-0.1, -0.05) is 26.7 Å². The van der Waals surface area contributed by atoms with Crippen molar-refractivity contribution < 1.29 is 5.11 Å². The van der Waals surface area contributed by atoms with Gasteiger partial charge in [0, 0.05) is 17.6 Å². The lowest BCUT2D eigenvalue weighted by molar-refractivity contribution is 0.0879. The van der Waals surface area contributed by atoms with Crippen LogP contribution in [-0.2, 0) is 0 Å². The summed E-state index contributed by atoms with van der Waals surface area (Å²) in [6.07, 6.45) is 9.01. The van der Waals surface area contributed by atoms with Crippen LogP contribution < -0.4 is 5.32 Å². The molecule has 2 aliphatic rings. The summed E-state index contributed by atoms with van der Waals surface area (Å²) in [5.41, 5.74) is -0.00835. The molecule has 0 radical (unpaired) electrons. The van der Waals surface area contributed by atoms with Crippen molar-refractivity contribution in [1.82, 2.24) is 10.2 Å². The fourth-order valence-corrected chi connectivity index (χ4v) is 4.35. The van der Waals surface area contributed by atoms with E-state index in [1.165, 1.54) is 32.1 Å². The minimum Gasteiger partial charge on any atom is -0.394 e. The van der Waals surface area contributed by atoms with Gasteiger partial charge in [0.2, 0.25) is 0 Å². The molecule has 0 aliphatic heterocycles. The van der Waals surface area contributed by atoms with Crippen LogP contribution in [0.15, 0.2) is 0 Å². The molecule has 19 heavy (non-hydrogen) atoms. The zero-order valence-electron chi connectivity index (χ0n) is 13.0. The van der Waals surface area contributed by atoms with Gasteiger partial charge in [-0.25, -0.2) is 0 Å². The van der Waals surface area contributed by atoms with Crippen molar-refractivity contribution >= 4 is 0 Å². The van der Waals surface area contributed by atoms with E-state index in [0.717, 1.165) is 31.3 Å². The van der Waals surface area contributed by atoms with Gasteiger partial charge in [-0.2, -0.15) is 0 Å². The van der Waals surface area contributed by atoms with Gasteiger partial charge in [-0.3, -0.25) is 0 Å². The molecule has 4 unspecified atom stereocenters. The second-order valence-corrected chi connectivity index (χ2v) is 6.86. The van der Waals surface area contributed by atoms with Crippen LogP contribution >= 0.6 is 0 Å². The lowest BCUT2D eigenvalue weighted by atomic mass is 9.84. The molecule has 0 amide bonds. The van der Waals surface area contributed by atoms with E-state index in [1.54, 1.807) is 0 Å². The first-order valence-electron chi connectivity index (χ1n) is 8.19. The smallest absolute Gasteiger partial charge is 0.0613 e. The fraction of sp³-hybridized carbons (Fsp3) is 1.00. The highest BCUT2D eigenvalue weighted by molar-refractivity contribution is 5.00. The van der Waals surface area contributed by atoms with Crippen molar-refractivity contribution in [3.8, 4) is 0 Å². The number of hydrogen-bond donors (Lipinski definition) is 2. The second kappa shape index (κ2) is 6.55. The summed E-state index contributed by atoms with van der Waals surface area (Å²) in [5, 5.41) is 13.3. The highest BCUT2D eigenvalue weighted by atomic mass is 16.3. The number of nitrogens with zero attached hydrogens (tertiary/aromatic N) is 1. The van der Waals surface area contributed by atoms with E-state index in [0.29, 0.717) is 6.04 Å². The van der Waals surface area contributed by atoms with Crippen molar-refractivity contribution in [1.29, 1.82) is 0 Å². The van der Waals surface area contributed by atoms with Gasteiger partial charge in [0.05, 0.1) is 6.61 Å². The predicted octanol–water partition coefficient (Wildman–Crippen LogP) is 2.39. The highest BCUT2D eigenvalue weighted by Gasteiger charge is 2.41. The fourth-order valence-electron chi connectivity index (χ4n) is 4.35. The zero-order chi connectivity index (χ0) is 13.9. The summed E-state index contributed by atoms with van der Waals surface area (Å²) < 4.78 is 0. The van der Waals surface area contributed by atoms with E-state index < -0.39 is 0 Å². The SMILES string of the molecule is CCNC1(CO)CCC(N(C)C2CCCCC2C)C1.